The summed E-state index contributed by atoms with van der Waals surface area (Å²) in [5.74, 6) is -0.555. The Bertz CT molecular complexity index is 1410. The van der Waals surface area contributed by atoms with Crippen molar-refractivity contribution in [3.05, 3.63) is 62.9 Å². The fourth-order valence-corrected chi connectivity index (χ4v) is 6.69. The molecule has 1 aromatic heterocycles. The Kier molecular flexibility index (Phi) is 6.94. The number of fused-ring (bicyclic) bond motifs is 1. The smallest absolute Gasteiger partial charge is 0.270 e. The van der Waals surface area contributed by atoms with Crippen LogP contribution in [0.5, 0.6) is 0 Å². The predicted molar refractivity (Wildman–Crippen MR) is 127 cm³/mol. The largest absolute Gasteiger partial charge is 0.383 e. The number of non-ortho nitro benzene ring substituents is 1. The summed E-state index contributed by atoms with van der Waals surface area (Å²) in [7, 11) is -2.30. The number of carbonyl (C=O) groups is 1. The highest BCUT2D eigenvalue weighted by Gasteiger charge is 2.39. The molecule has 10 nitrogen and oxygen atoms in total. The number of nitrogens with zero attached hydrogens (tertiary/aromatic N) is 4. The average Bonchev–Trinajstić information content (AvgIpc) is 3.43. The van der Waals surface area contributed by atoms with Gasteiger partial charge in [0.15, 0.2) is 4.80 Å². The van der Waals surface area contributed by atoms with Crippen LogP contribution >= 0.6 is 11.3 Å². The summed E-state index contributed by atoms with van der Waals surface area (Å²) >= 11 is 1.15. The lowest BCUT2D eigenvalue weighted by Gasteiger charge is -2.21. The van der Waals surface area contributed by atoms with Crippen LogP contribution < -0.4 is 4.80 Å². The van der Waals surface area contributed by atoms with Gasteiger partial charge in [0.25, 0.3) is 11.6 Å². The molecule has 0 spiro atoms. The van der Waals surface area contributed by atoms with E-state index in [0.29, 0.717) is 41.0 Å². The van der Waals surface area contributed by atoms with E-state index >= 15 is 0 Å². The number of hydrogen-bond donors (Lipinski definition) is 0. The SMILES string of the molecule is COCCn1c(=NC(=O)C2CCCN2S(=O)(=O)c2ccc(C)cc2)sc2cc([N+](=O)[O-])ccc21. The Labute approximate surface area is 200 Å². The first-order valence-electron chi connectivity index (χ1n) is 10.7. The van der Waals surface area contributed by atoms with Crippen LogP contribution in [0.3, 0.4) is 0 Å². The number of aromatic nitrogens is 1. The maximum atomic E-state index is 13.2. The van der Waals surface area contributed by atoms with Gasteiger partial charge in [-0.25, -0.2) is 8.42 Å². The first kappa shape index (κ1) is 24.2. The number of methoxy groups -OCH3 is 1. The lowest BCUT2D eigenvalue weighted by Crippen LogP contribution is -2.40. The molecule has 0 saturated carbocycles. The molecule has 1 unspecified atom stereocenters. The number of ether oxygens (including phenoxy) is 1. The van der Waals surface area contributed by atoms with E-state index in [4.69, 9.17) is 4.74 Å². The zero-order valence-electron chi connectivity index (χ0n) is 18.7. The van der Waals surface area contributed by atoms with Crippen LogP contribution in [0, 0.1) is 17.0 Å². The molecule has 3 aromatic rings. The summed E-state index contributed by atoms with van der Waals surface area (Å²) in [6, 6.07) is 10.1. The Morgan fingerprint density at radius 1 is 1.26 bits per heavy atom. The third-order valence-corrected chi connectivity index (χ3v) is 8.68. The second-order valence-electron chi connectivity index (χ2n) is 7.98. The number of aryl methyl sites for hydroxylation is 1. The zero-order valence-corrected chi connectivity index (χ0v) is 20.3. The first-order valence-corrected chi connectivity index (χ1v) is 12.9. The van der Waals surface area contributed by atoms with Gasteiger partial charge in [0.05, 0.1) is 26.6 Å². The van der Waals surface area contributed by atoms with E-state index < -0.39 is 26.9 Å². The molecular weight excluding hydrogens is 480 g/mol. The monoisotopic (exact) mass is 504 g/mol. The molecule has 0 radical (unpaired) electrons. The van der Waals surface area contributed by atoms with Crippen molar-refractivity contribution < 1.29 is 22.9 Å². The van der Waals surface area contributed by atoms with Crippen LogP contribution in [0.2, 0.25) is 0 Å². The second kappa shape index (κ2) is 9.74. The lowest BCUT2D eigenvalue weighted by molar-refractivity contribution is -0.384. The Balaban J connectivity index is 1.72. The van der Waals surface area contributed by atoms with Gasteiger partial charge in [0, 0.05) is 32.3 Å². The van der Waals surface area contributed by atoms with E-state index in [0.717, 1.165) is 16.9 Å². The zero-order chi connectivity index (χ0) is 24.5. The summed E-state index contributed by atoms with van der Waals surface area (Å²) in [6.07, 6.45) is 0.932. The quantitative estimate of drug-likeness (QED) is 0.360. The molecule has 1 aliphatic heterocycles. The molecule has 4 rings (SSSR count). The van der Waals surface area contributed by atoms with Gasteiger partial charge >= 0.3 is 0 Å². The molecule has 2 aromatic carbocycles. The van der Waals surface area contributed by atoms with E-state index in [2.05, 4.69) is 4.99 Å². The van der Waals surface area contributed by atoms with E-state index in [1.807, 2.05) is 6.92 Å². The van der Waals surface area contributed by atoms with E-state index in [-0.39, 0.29) is 17.1 Å². The number of thiazole rings is 1. The maximum absolute atomic E-state index is 13.2. The van der Waals surface area contributed by atoms with Gasteiger partial charge in [-0.2, -0.15) is 9.30 Å². The van der Waals surface area contributed by atoms with Crippen LogP contribution in [0.15, 0.2) is 52.4 Å². The topological polar surface area (TPSA) is 124 Å². The predicted octanol–water partition coefficient (Wildman–Crippen LogP) is 2.85. The molecule has 12 heteroatoms. The number of amides is 1. The van der Waals surface area contributed by atoms with Gasteiger partial charge in [-0.15, -0.1) is 0 Å². The number of sulfonamides is 1. The summed E-state index contributed by atoms with van der Waals surface area (Å²) < 4.78 is 35.2. The molecular formula is C22H24N4O6S2. The van der Waals surface area contributed by atoms with Crippen LogP contribution in [-0.2, 0) is 26.1 Å². The van der Waals surface area contributed by atoms with Crippen molar-refractivity contribution in [1.82, 2.24) is 8.87 Å². The van der Waals surface area contributed by atoms with Crippen molar-refractivity contribution >= 4 is 43.2 Å². The van der Waals surface area contributed by atoms with Crippen molar-refractivity contribution in [3.8, 4) is 0 Å². The molecule has 0 aliphatic carbocycles. The molecule has 1 atom stereocenters. The molecule has 1 aliphatic rings. The molecule has 34 heavy (non-hydrogen) atoms. The molecule has 1 saturated heterocycles. The van der Waals surface area contributed by atoms with Crippen molar-refractivity contribution in [2.24, 2.45) is 4.99 Å². The minimum atomic E-state index is -3.85. The van der Waals surface area contributed by atoms with Gasteiger partial charge in [0.2, 0.25) is 10.0 Å². The second-order valence-corrected chi connectivity index (χ2v) is 10.9. The number of nitro benzene ring substituents is 1. The number of hydrogen-bond acceptors (Lipinski definition) is 7. The highest BCUT2D eigenvalue weighted by Crippen LogP contribution is 2.28. The van der Waals surface area contributed by atoms with Gasteiger partial charge in [-0.05, 0) is 38.0 Å². The van der Waals surface area contributed by atoms with Crippen molar-refractivity contribution in [1.29, 1.82) is 0 Å². The standard InChI is InChI=1S/C22H24N4O6S2/c1-15-5-8-17(9-6-15)34(30,31)25-11-3-4-19(25)21(27)23-22-24(12-13-32-2)18-10-7-16(26(28)29)14-20(18)33-22/h5-10,14,19H,3-4,11-13H2,1-2H3. The van der Waals surface area contributed by atoms with Crippen LogP contribution in [0.4, 0.5) is 5.69 Å². The highest BCUT2D eigenvalue weighted by molar-refractivity contribution is 7.89. The minimum absolute atomic E-state index is 0.0586. The summed E-state index contributed by atoms with van der Waals surface area (Å²) in [4.78, 5) is 28.7. The van der Waals surface area contributed by atoms with Crippen molar-refractivity contribution in [2.75, 3.05) is 20.3 Å². The minimum Gasteiger partial charge on any atom is -0.383 e. The van der Waals surface area contributed by atoms with Crippen molar-refractivity contribution in [2.45, 2.75) is 37.2 Å². The Hall–Kier alpha value is -2.93. The molecule has 2 heterocycles. The first-order chi connectivity index (χ1) is 16.2. The van der Waals surface area contributed by atoms with Gasteiger partial charge in [0.1, 0.15) is 6.04 Å². The highest BCUT2D eigenvalue weighted by atomic mass is 32.2. The van der Waals surface area contributed by atoms with Gasteiger partial charge < -0.3 is 9.30 Å². The van der Waals surface area contributed by atoms with E-state index in [1.54, 1.807) is 42.0 Å². The number of carbonyl (C=O) groups excluding carboxylic acids is 1. The molecule has 1 amide bonds. The molecule has 0 N–H and O–H groups in total. The third-order valence-electron chi connectivity index (χ3n) is 5.72. The number of benzene rings is 2. The summed E-state index contributed by atoms with van der Waals surface area (Å²) in [6.45, 7) is 2.85. The third kappa shape index (κ3) is 4.67. The normalized spacial score (nSPS) is 17.5. The fourth-order valence-electron chi connectivity index (χ4n) is 3.95. The van der Waals surface area contributed by atoms with Gasteiger partial charge in [-0.3, -0.25) is 14.9 Å². The number of nitro groups is 1. The van der Waals surface area contributed by atoms with Gasteiger partial charge in [-0.1, -0.05) is 29.0 Å². The molecule has 0 bridgehead atoms. The summed E-state index contributed by atoms with van der Waals surface area (Å²) in [5.41, 5.74) is 1.57. The van der Waals surface area contributed by atoms with Crippen LogP contribution in [0.25, 0.3) is 10.2 Å². The van der Waals surface area contributed by atoms with Crippen LogP contribution in [-0.4, -0.2) is 54.4 Å². The molecule has 180 valence electrons. The fraction of sp³-hybridized carbons (Fsp3) is 0.364. The Morgan fingerprint density at radius 3 is 2.68 bits per heavy atom. The molecule has 1 fully saturated rings. The van der Waals surface area contributed by atoms with E-state index in [1.165, 1.54) is 16.4 Å². The average molecular weight is 505 g/mol. The summed E-state index contributed by atoms with van der Waals surface area (Å²) in [5, 5.41) is 11.2. The van der Waals surface area contributed by atoms with Crippen LogP contribution in [0.1, 0.15) is 18.4 Å². The maximum Gasteiger partial charge on any atom is 0.270 e. The lowest BCUT2D eigenvalue weighted by atomic mass is 10.2. The van der Waals surface area contributed by atoms with Crippen molar-refractivity contribution in [3.63, 3.8) is 0 Å². The number of rotatable bonds is 7. The Morgan fingerprint density at radius 2 is 2.00 bits per heavy atom. The van der Waals surface area contributed by atoms with E-state index in [9.17, 15) is 23.3 Å².